The van der Waals surface area contributed by atoms with Crippen molar-refractivity contribution >= 4 is 5.69 Å². The topological polar surface area (TPSA) is 50.7 Å². The Balaban J connectivity index is 2.41. The van der Waals surface area contributed by atoms with Crippen LogP contribution in [0.2, 0.25) is 0 Å². The highest BCUT2D eigenvalue weighted by Crippen LogP contribution is 2.19. The quantitative estimate of drug-likeness (QED) is 0.719. The van der Waals surface area contributed by atoms with Crippen LogP contribution in [0.5, 0.6) is 0 Å². The molecule has 2 unspecified atom stereocenters. The van der Waals surface area contributed by atoms with Crippen molar-refractivity contribution in [1.29, 1.82) is 0 Å². The summed E-state index contributed by atoms with van der Waals surface area (Å²) < 4.78 is 49.1. The van der Waals surface area contributed by atoms with E-state index < -0.39 is 23.6 Å². The van der Waals surface area contributed by atoms with E-state index >= 15 is 0 Å². The molecule has 4 nitrogen and oxygen atoms in total. The van der Waals surface area contributed by atoms with Crippen LogP contribution in [-0.2, 0) is 9.47 Å². The van der Waals surface area contributed by atoms with Gasteiger partial charge >= 0.3 is 0 Å². The molecule has 0 aliphatic carbocycles. The fourth-order valence-corrected chi connectivity index (χ4v) is 1.51. The highest BCUT2D eigenvalue weighted by molar-refractivity contribution is 5.45. The molecule has 0 spiro atoms. The van der Waals surface area contributed by atoms with Gasteiger partial charge in [-0.25, -0.2) is 13.2 Å². The van der Waals surface area contributed by atoms with E-state index in [1.54, 1.807) is 6.92 Å². The number of aliphatic hydroxyl groups is 1. The molecule has 0 aliphatic heterocycles. The van der Waals surface area contributed by atoms with Gasteiger partial charge in [-0.15, -0.1) is 0 Å². The van der Waals surface area contributed by atoms with Gasteiger partial charge in [0.1, 0.15) is 0 Å². The minimum Gasteiger partial charge on any atom is -0.389 e. The number of hydrogen-bond acceptors (Lipinski definition) is 4. The minimum atomic E-state index is -1.55. The van der Waals surface area contributed by atoms with Crippen LogP contribution in [0.1, 0.15) is 6.92 Å². The Kier molecular flexibility index (Phi) is 6.77. The Bertz CT molecular complexity index is 432. The van der Waals surface area contributed by atoms with Gasteiger partial charge in [0.15, 0.2) is 17.5 Å². The van der Waals surface area contributed by atoms with Crippen molar-refractivity contribution in [2.45, 2.75) is 19.1 Å². The third-order valence-corrected chi connectivity index (χ3v) is 2.54. The molecule has 0 saturated carbocycles. The molecule has 1 aromatic rings. The number of ether oxygens (including phenoxy) is 2. The SMILES string of the molecule is COCC(C)OCC(O)CNc1ccc(F)c(F)c1F. The molecule has 0 aliphatic rings. The average Bonchev–Trinajstić information content (AvgIpc) is 2.42. The summed E-state index contributed by atoms with van der Waals surface area (Å²) in [6, 6.07) is 1.87. The summed E-state index contributed by atoms with van der Waals surface area (Å²) in [7, 11) is 1.53. The third kappa shape index (κ3) is 4.99. The smallest absolute Gasteiger partial charge is 0.196 e. The van der Waals surface area contributed by atoms with Crippen molar-refractivity contribution in [3.63, 3.8) is 0 Å². The predicted octanol–water partition coefficient (Wildman–Crippen LogP) is 1.93. The first-order chi connectivity index (χ1) is 9.45. The lowest BCUT2D eigenvalue weighted by Crippen LogP contribution is -2.28. The monoisotopic (exact) mass is 293 g/mol. The molecule has 2 atom stereocenters. The Morgan fingerprint density at radius 2 is 1.90 bits per heavy atom. The van der Waals surface area contributed by atoms with E-state index in [2.05, 4.69) is 5.32 Å². The zero-order valence-corrected chi connectivity index (χ0v) is 11.3. The molecule has 0 heterocycles. The van der Waals surface area contributed by atoms with Crippen LogP contribution in [0.4, 0.5) is 18.9 Å². The molecule has 114 valence electrons. The van der Waals surface area contributed by atoms with Crippen molar-refractivity contribution in [2.24, 2.45) is 0 Å². The minimum absolute atomic E-state index is 0.0167. The number of halogens is 3. The number of nitrogens with one attached hydrogen (secondary N) is 1. The van der Waals surface area contributed by atoms with Crippen LogP contribution < -0.4 is 5.32 Å². The fraction of sp³-hybridized carbons (Fsp3) is 0.538. The summed E-state index contributed by atoms with van der Waals surface area (Å²) in [5.74, 6) is -4.12. The van der Waals surface area contributed by atoms with Gasteiger partial charge < -0.3 is 19.9 Å². The molecule has 1 rings (SSSR count). The molecule has 0 radical (unpaired) electrons. The Hall–Kier alpha value is -1.31. The molecule has 7 heteroatoms. The van der Waals surface area contributed by atoms with Crippen molar-refractivity contribution in [3.05, 3.63) is 29.6 Å². The first-order valence-corrected chi connectivity index (χ1v) is 6.11. The summed E-state index contributed by atoms with van der Waals surface area (Å²) >= 11 is 0. The fourth-order valence-electron chi connectivity index (χ4n) is 1.51. The van der Waals surface area contributed by atoms with Gasteiger partial charge in [-0.1, -0.05) is 0 Å². The third-order valence-electron chi connectivity index (χ3n) is 2.54. The maximum absolute atomic E-state index is 13.3. The predicted molar refractivity (Wildman–Crippen MR) is 68.1 cm³/mol. The van der Waals surface area contributed by atoms with Gasteiger partial charge in [-0.05, 0) is 19.1 Å². The first-order valence-electron chi connectivity index (χ1n) is 6.11. The molecule has 0 amide bonds. The summed E-state index contributed by atoms with van der Waals surface area (Å²) in [6.07, 6.45) is -1.10. The van der Waals surface area contributed by atoms with E-state index in [4.69, 9.17) is 9.47 Å². The second-order valence-electron chi connectivity index (χ2n) is 4.36. The molecule has 0 bridgehead atoms. The zero-order valence-electron chi connectivity index (χ0n) is 11.3. The second kappa shape index (κ2) is 8.08. The zero-order chi connectivity index (χ0) is 15.1. The van der Waals surface area contributed by atoms with Crippen LogP contribution in [-0.4, -0.2) is 44.2 Å². The highest BCUT2D eigenvalue weighted by Gasteiger charge is 2.14. The van der Waals surface area contributed by atoms with Gasteiger partial charge in [-0.2, -0.15) is 0 Å². The van der Waals surface area contributed by atoms with Crippen molar-refractivity contribution in [2.75, 3.05) is 32.2 Å². The first kappa shape index (κ1) is 16.7. The summed E-state index contributed by atoms with van der Waals surface area (Å²) in [5, 5.41) is 12.1. The lowest BCUT2D eigenvalue weighted by atomic mass is 10.2. The molecule has 1 aromatic carbocycles. The number of hydrogen-bond donors (Lipinski definition) is 2. The maximum atomic E-state index is 13.3. The van der Waals surface area contributed by atoms with E-state index in [0.29, 0.717) is 6.61 Å². The molecule has 0 aromatic heterocycles. The standard InChI is InChI=1S/C13H18F3NO3/c1-8(6-19-2)20-7-9(18)5-17-11-4-3-10(14)12(15)13(11)16/h3-4,8-9,17-18H,5-7H2,1-2H3. The Morgan fingerprint density at radius 3 is 2.55 bits per heavy atom. The van der Waals surface area contributed by atoms with Crippen molar-refractivity contribution in [1.82, 2.24) is 0 Å². The Morgan fingerprint density at radius 1 is 1.20 bits per heavy atom. The normalized spacial score (nSPS) is 14.1. The second-order valence-corrected chi connectivity index (χ2v) is 4.36. The van der Waals surface area contributed by atoms with Gasteiger partial charge in [0.05, 0.1) is 31.1 Å². The van der Waals surface area contributed by atoms with Crippen molar-refractivity contribution < 1.29 is 27.8 Å². The number of methoxy groups -OCH3 is 1. The molecule has 0 fully saturated rings. The van der Waals surface area contributed by atoms with E-state index in [0.717, 1.165) is 12.1 Å². The molecule has 0 saturated heterocycles. The Labute approximate surface area is 115 Å². The molecular weight excluding hydrogens is 275 g/mol. The van der Waals surface area contributed by atoms with Crippen LogP contribution in [0.3, 0.4) is 0 Å². The summed E-state index contributed by atoms with van der Waals surface area (Å²) in [4.78, 5) is 0. The molecule has 20 heavy (non-hydrogen) atoms. The number of benzene rings is 1. The summed E-state index contributed by atoms with van der Waals surface area (Å²) in [5.41, 5.74) is -0.215. The number of aliphatic hydroxyl groups excluding tert-OH is 1. The number of anilines is 1. The lowest BCUT2D eigenvalue weighted by Gasteiger charge is -2.17. The molecule has 2 N–H and O–H groups in total. The van der Waals surface area contributed by atoms with E-state index in [1.807, 2.05) is 0 Å². The number of rotatable bonds is 8. The maximum Gasteiger partial charge on any atom is 0.196 e. The van der Waals surface area contributed by atoms with E-state index in [-0.39, 0.29) is 24.9 Å². The van der Waals surface area contributed by atoms with Gasteiger partial charge in [0.25, 0.3) is 0 Å². The summed E-state index contributed by atoms with van der Waals surface area (Å²) in [6.45, 7) is 2.13. The van der Waals surface area contributed by atoms with Crippen LogP contribution >= 0.6 is 0 Å². The largest absolute Gasteiger partial charge is 0.389 e. The highest BCUT2D eigenvalue weighted by atomic mass is 19.2. The lowest BCUT2D eigenvalue weighted by molar-refractivity contribution is -0.0282. The van der Waals surface area contributed by atoms with Crippen LogP contribution in [0.15, 0.2) is 12.1 Å². The van der Waals surface area contributed by atoms with Crippen LogP contribution in [0, 0.1) is 17.5 Å². The van der Waals surface area contributed by atoms with Crippen molar-refractivity contribution in [3.8, 4) is 0 Å². The van der Waals surface area contributed by atoms with E-state index in [1.165, 1.54) is 7.11 Å². The van der Waals surface area contributed by atoms with Gasteiger partial charge in [0.2, 0.25) is 0 Å². The van der Waals surface area contributed by atoms with Gasteiger partial charge in [-0.3, -0.25) is 0 Å². The van der Waals surface area contributed by atoms with E-state index in [9.17, 15) is 18.3 Å². The molecular formula is C13H18F3NO3. The average molecular weight is 293 g/mol. The van der Waals surface area contributed by atoms with Gasteiger partial charge in [0, 0.05) is 13.7 Å². The van der Waals surface area contributed by atoms with Crippen LogP contribution in [0.25, 0.3) is 0 Å².